The van der Waals surface area contributed by atoms with Gasteiger partial charge < -0.3 is 10.0 Å². The molecule has 1 fully saturated rings. The van der Waals surface area contributed by atoms with E-state index < -0.39 is 5.97 Å². The van der Waals surface area contributed by atoms with E-state index in [2.05, 4.69) is 11.8 Å². The predicted molar refractivity (Wildman–Crippen MR) is 114 cm³/mol. The molecule has 2 aromatic carbocycles. The predicted octanol–water partition coefficient (Wildman–Crippen LogP) is 5.90. The molecule has 0 bridgehead atoms. The molecule has 29 heavy (non-hydrogen) atoms. The number of fused-ring (bicyclic) bond motifs is 1. The molecule has 0 aliphatic heterocycles. The Kier molecular flexibility index (Phi) is 5.47. The van der Waals surface area contributed by atoms with Crippen molar-refractivity contribution in [2.75, 3.05) is 11.4 Å². The molecule has 0 radical (unpaired) electrons. The van der Waals surface area contributed by atoms with Gasteiger partial charge in [-0.2, -0.15) is 0 Å². The SMILES string of the molecule is CCN(c1cc2cc(C(=O)O)ccc2nc1-c1ccc(F)cc1)C1CCCCC1. The van der Waals surface area contributed by atoms with Crippen LogP contribution >= 0.6 is 0 Å². The van der Waals surface area contributed by atoms with E-state index in [9.17, 15) is 14.3 Å². The van der Waals surface area contributed by atoms with Crippen LogP contribution in [0, 0.1) is 5.82 Å². The minimum Gasteiger partial charge on any atom is -0.478 e. The number of nitrogens with zero attached hydrogens (tertiary/aromatic N) is 2. The number of hydrogen-bond acceptors (Lipinski definition) is 3. The second-order valence-corrected chi connectivity index (χ2v) is 7.65. The lowest BCUT2D eigenvalue weighted by Crippen LogP contribution is -2.37. The number of rotatable bonds is 5. The fourth-order valence-electron chi connectivity index (χ4n) is 4.36. The summed E-state index contributed by atoms with van der Waals surface area (Å²) in [5.41, 5.74) is 3.65. The van der Waals surface area contributed by atoms with Gasteiger partial charge in [0.25, 0.3) is 0 Å². The standard InChI is InChI=1S/C24H25FN2O2/c1-2-27(20-6-4-3-5-7-20)22-15-18-14-17(24(28)29)10-13-21(18)26-23(22)16-8-11-19(25)12-9-16/h8-15,20H,2-7H2,1H3,(H,28,29). The molecular weight excluding hydrogens is 367 g/mol. The summed E-state index contributed by atoms with van der Waals surface area (Å²) in [6.07, 6.45) is 6.00. The van der Waals surface area contributed by atoms with Crippen molar-refractivity contribution >= 4 is 22.6 Å². The molecule has 1 saturated carbocycles. The quantitative estimate of drug-likeness (QED) is 0.587. The molecule has 4 nitrogen and oxygen atoms in total. The molecule has 3 aromatic rings. The molecule has 4 rings (SSSR count). The summed E-state index contributed by atoms with van der Waals surface area (Å²) >= 11 is 0. The number of carboxylic acids is 1. The van der Waals surface area contributed by atoms with Crippen LogP contribution in [0.5, 0.6) is 0 Å². The summed E-state index contributed by atoms with van der Waals surface area (Å²) in [6.45, 7) is 2.98. The van der Waals surface area contributed by atoms with E-state index in [1.165, 1.54) is 31.4 Å². The number of aromatic carboxylic acids is 1. The average molecular weight is 392 g/mol. The first-order valence-electron chi connectivity index (χ1n) is 10.3. The monoisotopic (exact) mass is 392 g/mol. The van der Waals surface area contributed by atoms with Crippen LogP contribution in [-0.2, 0) is 0 Å². The number of carboxylic acid groups (broad SMARTS) is 1. The lowest BCUT2D eigenvalue weighted by atomic mass is 9.93. The van der Waals surface area contributed by atoms with Gasteiger partial charge in [0.05, 0.1) is 22.5 Å². The van der Waals surface area contributed by atoms with E-state index in [1.54, 1.807) is 30.3 Å². The molecule has 0 spiro atoms. The second-order valence-electron chi connectivity index (χ2n) is 7.65. The van der Waals surface area contributed by atoms with Gasteiger partial charge in [-0.1, -0.05) is 19.3 Å². The van der Waals surface area contributed by atoms with E-state index in [1.807, 2.05) is 6.07 Å². The van der Waals surface area contributed by atoms with Gasteiger partial charge in [0, 0.05) is 23.5 Å². The zero-order valence-corrected chi connectivity index (χ0v) is 16.6. The molecule has 0 atom stereocenters. The van der Waals surface area contributed by atoms with E-state index in [0.717, 1.165) is 47.2 Å². The van der Waals surface area contributed by atoms with Crippen LogP contribution in [-0.4, -0.2) is 28.6 Å². The minimum atomic E-state index is -0.948. The van der Waals surface area contributed by atoms with Crippen LogP contribution < -0.4 is 4.90 Å². The van der Waals surface area contributed by atoms with Gasteiger partial charge in [0.15, 0.2) is 0 Å². The lowest BCUT2D eigenvalue weighted by molar-refractivity contribution is 0.0697. The lowest BCUT2D eigenvalue weighted by Gasteiger charge is -2.36. The number of hydrogen-bond donors (Lipinski definition) is 1. The van der Waals surface area contributed by atoms with Crippen LogP contribution in [0.3, 0.4) is 0 Å². The largest absolute Gasteiger partial charge is 0.478 e. The molecule has 1 N–H and O–H groups in total. The Labute approximate surface area is 170 Å². The van der Waals surface area contributed by atoms with Crippen LogP contribution in [0.15, 0.2) is 48.5 Å². The molecule has 150 valence electrons. The third kappa shape index (κ3) is 3.95. The number of anilines is 1. The van der Waals surface area contributed by atoms with Crippen LogP contribution in [0.1, 0.15) is 49.4 Å². The van der Waals surface area contributed by atoms with Gasteiger partial charge in [-0.3, -0.25) is 0 Å². The van der Waals surface area contributed by atoms with Crippen molar-refractivity contribution in [1.82, 2.24) is 4.98 Å². The molecule has 0 saturated heterocycles. The van der Waals surface area contributed by atoms with Crippen molar-refractivity contribution < 1.29 is 14.3 Å². The molecule has 1 aromatic heterocycles. The Balaban J connectivity index is 1.90. The maximum atomic E-state index is 13.5. The number of halogens is 1. The minimum absolute atomic E-state index is 0.250. The van der Waals surface area contributed by atoms with Crippen molar-refractivity contribution in [3.05, 3.63) is 59.9 Å². The van der Waals surface area contributed by atoms with Crippen molar-refractivity contribution in [1.29, 1.82) is 0 Å². The number of pyridine rings is 1. The summed E-state index contributed by atoms with van der Waals surface area (Å²) in [5, 5.41) is 10.2. The number of benzene rings is 2. The maximum absolute atomic E-state index is 13.5. The maximum Gasteiger partial charge on any atom is 0.335 e. The topological polar surface area (TPSA) is 53.4 Å². The Bertz CT molecular complexity index is 1030. The summed E-state index contributed by atoms with van der Waals surface area (Å²) in [7, 11) is 0. The molecule has 1 heterocycles. The highest BCUT2D eigenvalue weighted by atomic mass is 19.1. The van der Waals surface area contributed by atoms with Crippen molar-refractivity contribution in [3.8, 4) is 11.3 Å². The van der Waals surface area contributed by atoms with Gasteiger partial charge in [0.2, 0.25) is 0 Å². The smallest absolute Gasteiger partial charge is 0.335 e. The van der Waals surface area contributed by atoms with E-state index in [-0.39, 0.29) is 11.4 Å². The molecular formula is C24H25FN2O2. The van der Waals surface area contributed by atoms with Crippen molar-refractivity contribution in [2.24, 2.45) is 0 Å². The first kappa shape index (κ1) is 19.4. The van der Waals surface area contributed by atoms with Crippen LogP contribution in [0.4, 0.5) is 10.1 Å². The Morgan fingerprint density at radius 3 is 2.48 bits per heavy atom. The van der Waals surface area contributed by atoms with Gasteiger partial charge in [-0.15, -0.1) is 0 Å². The van der Waals surface area contributed by atoms with E-state index in [4.69, 9.17) is 4.98 Å². The zero-order valence-electron chi connectivity index (χ0n) is 16.6. The Morgan fingerprint density at radius 1 is 1.10 bits per heavy atom. The highest BCUT2D eigenvalue weighted by Crippen LogP contribution is 2.36. The second kappa shape index (κ2) is 8.19. The van der Waals surface area contributed by atoms with E-state index >= 15 is 0 Å². The van der Waals surface area contributed by atoms with E-state index in [0.29, 0.717) is 6.04 Å². The fraction of sp³-hybridized carbons (Fsp3) is 0.333. The fourth-order valence-corrected chi connectivity index (χ4v) is 4.36. The van der Waals surface area contributed by atoms with Crippen LogP contribution in [0.2, 0.25) is 0 Å². The van der Waals surface area contributed by atoms with Crippen LogP contribution in [0.25, 0.3) is 22.2 Å². The van der Waals surface area contributed by atoms with Crippen molar-refractivity contribution in [3.63, 3.8) is 0 Å². The number of carbonyl (C=O) groups is 1. The molecule has 1 aliphatic rings. The summed E-state index contributed by atoms with van der Waals surface area (Å²) in [6, 6.07) is 13.9. The number of aromatic nitrogens is 1. The normalized spacial score (nSPS) is 14.8. The van der Waals surface area contributed by atoms with Gasteiger partial charge >= 0.3 is 5.97 Å². The molecule has 1 aliphatic carbocycles. The molecule has 0 unspecified atom stereocenters. The Morgan fingerprint density at radius 2 is 1.83 bits per heavy atom. The molecule has 5 heteroatoms. The third-order valence-electron chi connectivity index (χ3n) is 5.82. The van der Waals surface area contributed by atoms with Crippen molar-refractivity contribution in [2.45, 2.75) is 45.1 Å². The third-order valence-corrected chi connectivity index (χ3v) is 5.82. The highest BCUT2D eigenvalue weighted by Gasteiger charge is 2.24. The summed E-state index contributed by atoms with van der Waals surface area (Å²) in [4.78, 5) is 18.7. The zero-order chi connectivity index (χ0) is 20.4. The summed E-state index contributed by atoms with van der Waals surface area (Å²) in [5.74, 6) is -1.22. The molecule has 0 amide bonds. The van der Waals surface area contributed by atoms with Gasteiger partial charge in [-0.05, 0) is 68.3 Å². The average Bonchev–Trinajstić information content (AvgIpc) is 2.75. The first-order valence-corrected chi connectivity index (χ1v) is 10.3. The highest BCUT2D eigenvalue weighted by molar-refractivity contribution is 5.96. The van der Waals surface area contributed by atoms with Gasteiger partial charge in [0.1, 0.15) is 5.82 Å². The summed E-state index contributed by atoms with van der Waals surface area (Å²) < 4.78 is 13.5. The first-order chi connectivity index (χ1) is 14.1. The Hall–Kier alpha value is -2.95. The van der Waals surface area contributed by atoms with Gasteiger partial charge in [-0.25, -0.2) is 14.2 Å².